The first-order valence-electron chi connectivity index (χ1n) is 6.65. The largest absolute Gasteiger partial charge is 0.486 e. The first-order chi connectivity index (χ1) is 10.2. The topological polar surface area (TPSA) is 47.6 Å². The Hall–Kier alpha value is -2.01. The Morgan fingerprint density at radius 3 is 2.81 bits per heavy atom. The summed E-state index contributed by atoms with van der Waals surface area (Å²) in [6.07, 6.45) is 0. The molecule has 1 amide bonds. The summed E-state index contributed by atoms with van der Waals surface area (Å²) in [7, 11) is 0. The number of hydrogen-bond donors (Lipinski definition) is 1. The molecule has 0 saturated heterocycles. The highest BCUT2D eigenvalue weighted by atomic mass is 79.9. The van der Waals surface area contributed by atoms with E-state index >= 15 is 0 Å². The second-order valence-electron chi connectivity index (χ2n) is 4.64. The van der Waals surface area contributed by atoms with E-state index in [9.17, 15) is 4.79 Å². The molecule has 0 atom stereocenters. The van der Waals surface area contributed by atoms with Gasteiger partial charge in [-0.15, -0.1) is 0 Å². The van der Waals surface area contributed by atoms with E-state index in [1.807, 2.05) is 24.3 Å². The number of fused-ring (bicyclic) bond motifs is 1. The fraction of sp³-hybridized carbons (Fsp3) is 0.188. The second-order valence-corrected chi connectivity index (χ2v) is 5.56. The van der Waals surface area contributed by atoms with Crippen molar-refractivity contribution in [1.82, 2.24) is 5.32 Å². The average Bonchev–Trinajstić information content (AvgIpc) is 2.52. The summed E-state index contributed by atoms with van der Waals surface area (Å²) >= 11 is 3.41. The van der Waals surface area contributed by atoms with Crippen molar-refractivity contribution in [2.75, 3.05) is 13.2 Å². The zero-order valence-electron chi connectivity index (χ0n) is 11.3. The number of amides is 1. The highest BCUT2D eigenvalue weighted by Gasteiger charge is 2.19. The van der Waals surface area contributed by atoms with Gasteiger partial charge in [0.2, 0.25) is 0 Å². The summed E-state index contributed by atoms with van der Waals surface area (Å²) in [6.45, 7) is 1.43. The van der Waals surface area contributed by atoms with E-state index < -0.39 is 0 Å². The minimum absolute atomic E-state index is 0.169. The molecule has 0 saturated carbocycles. The molecule has 0 radical (unpaired) electrons. The molecule has 0 fully saturated rings. The molecule has 3 rings (SSSR count). The van der Waals surface area contributed by atoms with Gasteiger partial charge in [0.05, 0.1) is 5.56 Å². The molecule has 21 heavy (non-hydrogen) atoms. The third-order valence-electron chi connectivity index (χ3n) is 3.15. The van der Waals surface area contributed by atoms with Gasteiger partial charge in [0.15, 0.2) is 11.5 Å². The predicted molar refractivity (Wildman–Crippen MR) is 82.7 cm³/mol. The fourth-order valence-corrected chi connectivity index (χ4v) is 2.62. The molecule has 5 heteroatoms. The zero-order valence-corrected chi connectivity index (χ0v) is 12.9. The van der Waals surface area contributed by atoms with Crippen LogP contribution in [-0.4, -0.2) is 19.1 Å². The van der Waals surface area contributed by atoms with Crippen LogP contribution in [0.4, 0.5) is 0 Å². The molecule has 1 aliphatic rings. The summed E-state index contributed by atoms with van der Waals surface area (Å²) in [4.78, 5) is 12.3. The van der Waals surface area contributed by atoms with Crippen LogP contribution in [0.15, 0.2) is 46.9 Å². The minimum atomic E-state index is -0.169. The molecule has 1 aliphatic heterocycles. The first kappa shape index (κ1) is 13.9. The molecule has 1 heterocycles. The van der Waals surface area contributed by atoms with Crippen molar-refractivity contribution in [3.63, 3.8) is 0 Å². The van der Waals surface area contributed by atoms with E-state index in [-0.39, 0.29) is 5.91 Å². The number of benzene rings is 2. The lowest BCUT2D eigenvalue weighted by atomic mass is 10.1. The summed E-state index contributed by atoms with van der Waals surface area (Å²) in [6, 6.07) is 13.2. The Morgan fingerprint density at radius 1 is 1.14 bits per heavy atom. The van der Waals surface area contributed by atoms with Crippen LogP contribution in [0.1, 0.15) is 15.9 Å². The van der Waals surface area contributed by atoms with Crippen molar-refractivity contribution in [3.8, 4) is 11.5 Å². The quantitative estimate of drug-likeness (QED) is 0.927. The predicted octanol–water partition coefficient (Wildman–Crippen LogP) is 3.15. The SMILES string of the molecule is O=C(NCc1cccc(Br)c1)c1cccc2c1OCCO2. The van der Waals surface area contributed by atoms with Crippen molar-refractivity contribution in [2.45, 2.75) is 6.54 Å². The van der Waals surface area contributed by atoms with Crippen LogP contribution in [0.5, 0.6) is 11.5 Å². The number of halogens is 1. The van der Waals surface area contributed by atoms with Crippen molar-refractivity contribution in [2.24, 2.45) is 0 Å². The molecule has 0 aliphatic carbocycles. The normalized spacial score (nSPS) is 12.8. The number of nitrogens with one attached hydrogen (secondary N) is 1. The molecular formula is C16H14BrNO3. The van der Waals surface area contributed by atoms with E-state index in [1.165, 1.54) is 0 Å². The maximum Gasteiger partial charge on any atom is 0.255 e. The zero-order chi connectivity index (χ0) is 14.7. The average molecular weight is 348 g/mol. The molecule has 2 aromatic carbocycles. The summed E-state index contributed by atoms with van der Waals surface area (Å²) in [5, 5.41) is 2.90. The van der Waals surface area contributed by atoms with Gasteiger partial charge in [-0.1, -0.05) is 34.1 Å². The van der Waals surface area contributed by atoms with Gasteiger partial charge in [0, 0.05) is 11.0 Å². The van der Waals surface area contributed by atoms with Crippen LogP contribution >= 0.6 is 15.9 Å². The molecule has 4 nitrogen and oxygen atoms in total. The third-order valence-corrected chi connectivity index (χ3v) is 3.65. The van der Waals surface area contributed by atoms with Gasteiger partial charge in [-0.3, -0.25) is 4.79 Å². The Morgan fingerprint density at radius 2 is 1.95 bits per heavy atom. The Kier molecular flexibility index (Phi) is 4.10. The van der Waals surface area contributed by atoms with Crippen molar-refractivity contribution < 1.29 is 14.3 Å². The van der Waals surface area contributed by atoms with Crippen LogP contribution in [0.3, 0.4) is 0 Å². The van der Waals surface area contributed by atoms with Crippen LogP contribution in [0, 0.1) is 0 Å². The highest BCUT2D eigenvalue weighted by Crippen LogP contribution is 2.33. The number of carbonyl (C=O) groups excluding carboxylic acids is 1. The molecule has 1 N–H and O–H groups in total. The van der Waals surface area contributed by atoms with Gasteiger partial charge in [-0.25, -0.2) is 0 Å². The fourth-order valence-electron chi connectivity index (χ4n) is 2.18. The standard InChI is InChI=1S/C16H14BrNO3/c17-12-4-1-3-11(9-12)10-18-16(19)13-5-2-6-14-15(13)21-8-7-20-14/h1-6,9H,7-8,10H2,(H,18,19). The third kappa shape index (κ3) is 3.19. The van der Waals surface area contributed by atoms with E-state index in [1.54, 1.807) is 18.2 Å². The maximum atomic E-state index is 12.3. The minimum Gasteiger partial charge on any atom is -0.486 e. The van der Waals surface area contributed by atoms with Crippen molar-refractivity contribution in [3.05, 3.63) is 58.1 Å². The molecule has 2 aromatic rings. The number of para-hydroxylation sites is 1. The maximum absolute atomic E-state index is 12.3. The van der Waals surface area contributed by atoms with Crippen molar-refractivity contribution in [1.29, 1.82) is 0 Å². The summed E-state index contributed by atoms with van der Waals surface area (Å²) < 4.78 is 12.0. The summed E-state index contributed by atoms with van der Waals surface area (Å²) in [5.41, 5.74) is 1.53. The lowest BCUT2D eigenvalue weighted by Crippen LogP contribution is -2.25. The van der Waals surface area contributed by atoms with E-state index in [0.29, 0.717) is 36.8 Å². The van der Waals surface area contributed by atoms with E-state index in [2.05, 4.69) is 21.2 Å². The molecule has 0 unspecified atom stereocenters. The van der Waals surface area contributed by atoms with E-state index in [4.69, 9.17) is 9.47 Å². The van der Waals surface area contributed by atoms with Gasteiger partial charge in [-0.05, 0) is 29.8 Å². The van der Waals surface area contributed by atoms with Crippen LogP contribution in [0.2, 0.25) is 0 Å². The molecule has 108 valence electrons. The Balaban J connectivity index is 1.74. The Bertz CT molecular complexity index is 672. The van der Waals surface area contributed by atoms with Gasteiger partial charge in [-0.2, -0.15) is 0 Å². The number of carbonyl (C=O) groups is 1. The van der Waals surface area contributed by atoms with E-state index in [0.717, 1.165) is 10.0 Å². The molecular weight excluding hydrogens is 334 g/mol. The lowest BCUT2D eigenvalue weighted by molar-refractivity contribution is 0.0940. The Labute approximate surface area is 131 Å². The smallest absolute Gasteiger partial charge is 0.255 e. The molecule has 0 bridgehead atoms. The number of rotatable bonds is 3. The van der Waals surface area contributed by atoms with Gasteiger partial charge in [0.25, 0.3) is 5.91 Å². The number of ether oxygens (including phenoxy) is 2. The van der Waals surface area contributed by atoms with Gasteiger partial charge < -0.3 is 14.8 Å². The van der Waals surface area contributed by atoms with Crippen LogP contribution in [0.25, 0.3) is 0 Å². The lowest BCUT2D eigenvalue weighted by Gasteiger charge is -2.20. The summed E-state index contributed by atoms with van der Waals surface area (Å²) in [5.74, 6) is 0.976. The molecule has 0 spiro atoms. The second kappa shape index (κ2) is 6.18. The van der Waals surface area contributed by atoms with Gasteiger partial charge in [0.1, 0.15) is 13.2 Å². The number of hydrogen-bond acceptors (Lipinski definition) is 3. The van der Waals surface area contributed by atoms with Crippen LogP contribution in [-0.2, 0) is 6.54 Å². The highest BCUT2D eigenvalue weighted by molar-refractivity contribution is 9.10. The first-order valence-corrected chi connectivity index (χ1v) is 7.44. The van der Waals surface area contributed by atoms with Crippen molar-refractivity contribution >= 4 is 21.8 Å². The van der Waals surface area contributed by atoms with Crippen LogP contribution < -0.4 is 14.8 Å². The monoisotopic (exact) mass is 347 g/mol. The van der Waals surface area contributed by atoms with Gasteiger partial charge >= 0.3 is 0 Å². The molecule has 0 aromatic heterocycles.